The molecule has 1 aromatic carbocycles. The van der Waals surface area contributed by atoms with E-state index in [0.717, 1.165) is 11.3 Å². The minimum Gasteiger partial charge on any atom is -0.271 e. The van der Waals surface area contributed by atoms with E-state index in [1.165, 1.54) is 5.56 Å². The van der Waals surface area contributed by atoms with Crippen molar-refractivity contribution in [1.29, 1.82) is 0 Å². The molecule has 0 saturated heterocycles. The Morgan fingerprint density at radius 3 is 2.68 bits per heavy atom. The molecule has 0 aliphatic carbocycles. The standard InChI is InChI=1S/C14H19ClN4/c1-9(2)19-14(12(15)8-17-19)13(18-16)11-6-4-5-10(3)7-11/h4-9,13,18H,16H2,1-3H3. The van der Waals surface area contributed by atoms with Crippen molar-refractivity contribution in [3.63, 3.8) is 0 Å². The first-order valence-corrected chi connectivity index (χ1v) is 6.68. The summed E-state index contributed by atoms with van der Waals surface area (Å²) >= 11 is 6.27. The largest absolute Gasteiger partial charge is 0.271 e. The summed E-state index contributed by atoms with van der Waals surface area (Å²) < 4.78 is 1.90. The van der Waals surface area contributed by atoms with Gasteiger partial charge in [-0.2, -0.15) is 5.10 Å². The van der Waals surface area contributed by atoms with Crippen LogP contribution in [-0.2, 0) is 0 Å². The van der Waals surface area contributed by atoms with Gasteiger partial charge < -0.3 is 0 Å². The van der Waals surface area contributed by atoms with Crippen LogP contribution in [0.1, 0.15) is 42.8 Å². The van der Waals surface area contributed by atoms with Crippen molar-refractivity contribution >= 4 is 11.6 Å². The van der Waals surface area contributed by atoms with Crippen molar-refractivity contribution < 1.29 is 0 Å². The maximum absolute atomic E-state index is 6.27. The van der Waals surface area contributed by atoms with E-state index in [-0.39, 0.29) is 12.1 Å². The number of hydrogen-bond donors (Lipinski definition) is 2. The number of aromatic nitrogens is 2. The van der Waals surface area contributed by atoms with Gasteiger partial charge in [-0.1, -0.05) is 41.4 Å². The summed E-state index contributed by atoms with van der Waals surface area (Å²) in [6.45, 7) is 6.19. The number of hydrazine groups is 1. The van der Waals surface area contributed by atoms with E-state index in [9.17, 15) is 0 Å². The summed E-state index contributed by atoms with van der Waals surface area (Å²) in [4.78, 5) is 0. The monoisotopic (exact) mass is 278 g/mol. The molecule has 1 heterocycles. The first kappa shape index (κ1) is 14.1. The highest BCUT2D eigenvalue weighted by Gasteiger charge is 2.22. The van der Waals surface area contributed by atoms with Crippen LogP contribution in [0.3, 0.4) is 0 Å². The molecule has 3 N–H and O–H groups in total. The Kier molecular flexibility index (Phi) is 4.24. The Bertz CT molecular complexity index is 562. The predicted octanol–water partition coefficient (Wildman–Crippen LogP) is 2.98. The van der Waals surface area contributed by atoms with Gasteiger partial charge in [0.2, 0.25) is 0 Å². The molecule has 0 spiro atoms. The van der Waals surface area contributed by atoms with Gasteiger partial charge in [-0.25, -0.2) is 5.43 Å². The summed E-state index contributed by atoms with van der Waals surface area (Å²) in [5.41, 5.74) is 5.99. The van der Waals surface area contributed by atoms with E-state index in [4.69, 9.17) is 17.4 Å². The number of aryl methyl sites for hydroxylation is 1. The lowest BCUT2D eigenvalue weighted by atomic mass is 10.0. The first-order chi connectivity index (χ1) is 9.04. The van der Waals surface area contributed by atoms with E-state index in [2.05, 4.69) is 43.4 Å². The molecule has 2 aromatic rings. The molecular weight excluding hydrogens is 260 g/mol. The number of halogens is 1. The maximum Gasteiger partial charge on any atom is 0.0893 e. The van der Waals surface area contributed by atoms with Crippen molar-refractivity contribution in [3.8, 4) is 0 Å². The SMILES string of the molecule is Cc1cccc(C(NN)c2c(Cl)cnn2C(C)C)c1. The molecule has 0 saturated carbocycles. The third kappa shape index (κ3) is 2.81. The van der Waals surface area contributed by atoms with Crippen LogP contribution in [0, 0.1) is 6.92 Å². The van der Waals surface area contributed by atoms with Crippen LogP contribution < -0.4 is 11.3 Å². The summed E-state index contributed by atoms with van der Waals surface area (Å²) in [6, 6.07) is 8.25. The molecule has 1 atom stereocenters. The fourth-order valence-corrected chi connectivity index (χ4v) is 2.45. The van der Waals surface area contributed by atoms with Gasteiger partial charge in [-0.3, -0.25) is 10.5 Å². The maximum atomic E-state index is 6.27. The molecule has 0 radical (unpaired) electrons. The van der Waals surface area contributed by atoms with E-state index in [1.54, 1.807) is 6.20 Å². The Morgan fingerprint density at radius 1 is 1.37 bits per heavy atom. The fourth-order valence-electron chi connectivity index (χ4n) is 2.22. The number of nitrogens with zero attached hydrogens (tertiary/aromatic N) is 2. The molecule has 0 fully saturated rings. The van der Waals surface area contributed by atoms with Crippen LogP contribution >= 0.6 is 11.6 Å². The van der Waals surface area contributed by atoms with Gasteiger partial charge in [0.05, 0.1) is 23.0 Å². The lowest BCUT2D eigenvalue weighted by molar-refractivity contribution is 0.476. The average Bonchev–Trinajstić information content (AvgIpc) is 2.73. The lowest BCUT2D eigenvalue weighted by Crippen LogP contribution is -2.31. The van der Waals surface area contributed by atoms with Crippen LogP contribution in [0.25, 0.3) is 0 Å². The molecule has 1 unspecified atom stereocenters. The van der Waals surface area contributed by atoms with Crippen molar-refractivity contribution in [2.75, 3.05) is 0 Å². The van der Waals surface area contributed by atoms with E-state index < -0.39 is 0 Å². The summed E-state index contributed by atoms with van der Waals surface area (Å²) in [5.74, 6) is 5.73. The Balaban J connectivity index is 2.51. The van der Waals surface area contributed by atoms with E-state index >= 15 is 0 Å². The van der Waals surface area contributed by atoms with Crippen LogP contribution in [0.2, 0.25) is 5.02 Å². The molecule has 4 nitrogen and oxygen atoms in total. The lowest BCUT2D eigenvalue weighted by Gasteiger charge is -2.21. The number of nitrogens with two attached hydrogens (primary N) is 1. The third-order valence-corrected chi connectivity index (χ3v) is 3.38. The third-order valence-electron chi connectivity index (χ3n) is 3.09. The van der Waals surface area contributed by atoms with Crippen LogP contribution in [0.4, 0.5) is 0 Å². The predicted molar refractivity (Wildman–Crippen MR) is 78.0 cm³/mol. The molecule has 102 valence electrons. The second kappa shape index (κ2) is 5.74. The van der Waals surface area contributed by atoms with Gasteiger partial charge in [0.15, 0.2) is 0 Å². The minimum atomic E-state index is -0.169. The van der Waals surface area contributed by atoms with Gasteiger partial charge >= 0.3 is 0 Å². The van der Waals surface area contributed by atoms with Gasteiger partial charge in [0.25, 0.3) is 0 Å². The molecule has 0 aliphatic heterocycles. The normalized spacial score (nSPS) is 12.9. The fraction of sp³-hybridized carbons (Fsp3) is 0.357. The highest BCUT2D eigenvalue weighted by atomic mass is 35.5. The van der Waals surface area contributed by atoms with Crippen molar-refractivity contribution in [3.05, 3.63) is 52.3 Å². The van der Waals surface area contributed by atoms with Gasteiger partial charge in [-0.15, -0.1) is 0 Å². The molecule has 19 heavy (non-hydrogen) atoms. The number of hydrogen-bond acceptors (Lipinski definition) is 3. The van der Waals surface area contributed by atoms with Crippen molar-refractivity contribution in [2.45, 2.75) is 32.9 Å². The quantitative estimate of drug-likeness (QED) is 0.668. The van der Waals surface area contributed by atoms with Crippen molar-refractivity contribution in [1.82, 2.24) is 15.2 Å². The second-order valence-corrected chi connectivity index (χ2v) is 5.34. The van der Waals surface area contributed by atoms with Crippen LogP contribution in [-0.4, -0.2) is 9.78 Å². The van der Waals surface area contributed by atoms with Crippen LogP contribution in [0.5, 0.6) is 0 Å². The Labute approximate surface area is 118 Å². The minimum absolute atomic E-state index is 0.169. The number of rotatable bonds is 4. The zero-order valence-electron chi connectivity index (χ0n) is 11.4. The molecule has 0 aliphatic rings. The van der Waals surface area contributed by atoms with Gasteiger partial charge in [-0.05, 0) is 26.3 Å². The molecule has 1 aromatic heterocycles. The summed E-state index contributed by atoms with van der Waals surface area (Å²) in [6.07, 6.45) is 1.66. The highest BCUT2D eigenvalue weighted by molar-refractivity contribution is 6.31. The summed E-state index contributed by atoms with van der Waals surface area (Å²) in [5, 5.41) is 4.94. The molecule has 0 bridgehead atoms. The molecule has 0 amide bonds. The van der Waals surface area contributed by atoms with Crippen molar-refractivity contribution in [2.24, 2.45) is 5.84 Å². The van der Waals surface area contributed by atoms with E-state index in [1.807, 2.05) is 16.8 Å². The summed E-state index contributed by atoms with van der Waals surface area (Å²) in [7, 11) is 0. The molecular formula is C14H19ClN4. The van der Waals surface area contributed by atoms with Gasteiger partial charge in [0.1, 0.15) is 0 Å². The Morgan fingerprint density at radius 2 is 2.11 bits per heavy atom. The average molecular weight is 279 g/mol. The second-order valence-electron chi connectivity index (χ2n) is 4.93. The topological polar surface area (TPSA) is 55.9 Å². The zero-order chi connectivity index (χ0) is 14.0. The zero-order valence-corrected chi connectivity index (χ0v) is 12.1. The molecule has 5 heteroatoms. The highest BCUT2D eigenvalue weighted by Crippen LogP contribution is 2.29. The Hall–Kier alpha value is -1.36. The number of nitrogens with one attached hydrogen (secondary N) is 1. The van der Waals surface area contributed by atoms with Gasteiger partial charge in [0, 0.05) is 6.04 Å². The van der Waals surface area contributed by atoms with E-state index in [0.29, 0.717) is 5.02 Å². The molecule has 2 rings (SSSR count). The van der Waals surface area contributed by atoms with Crippen LogP contribution in [0.15, 0.2) is 30.5 Å². The number of benzene rings is 1. The first-order valence-electron chi connectivity index (χ1n) is 6.30. The smallest absolute Gasteiger partial charge is 0.0893 e.